The highest BCUT2D eigenvalue weighted by atomic mass is 16.6. The van der Waals surface area contributed by atoms with E-state index in [9.17, 15) is 9.59 Å². The van der Waals surface area contributed by atoms with Crippen molar-refractivity contribution in [3.05, 3.63) is 35.4 Å². The lowest BCUT2D eigenvalue weighted by atomic mass is 10.0. The van der Waals surface area contributed by atoms with Crippen LogP contribution in [0.2, 0.25) is 0 Å². The molecule has 1 aliphatic carbocycles. The molecule has 0 heterocycles. The summed E-state index contributed by atoms with van der Waals surface area (Å²) in [5.74, 6) is -0.384. The van der Waals surface area contributed by atoms with Crippen LogP contribution in [0.3, 0.4) is 0 Å². The molecule has 0 unspecified atom stereocenters. The number of alkyl carbamates (subject to hydrolysis) is 1. The molecular weight excluding hydrogens is 270 g/mol. The van der Waals surface area contributed by atoms with E-state index in [1.165, 1.54) is 7.11 Å². The van der Waals surface area contributed by atoms with Gasteiger partial charge in [-0.2, -0.15) is 0 Å². The molecule has 1 aromatic rings. The maximum atomic E-state index is 11.9. The first-order valence-corrected chi connectivity index (χ1v) is 6.96. The zero-order chi connectivity index (χ0) is 15.7. The summed E-state index contributed by atoms with van der Waals surface area (Å²) in [4.78, 5) is 23.5. The van der Waals surface area contributed by atoms with E-state index in [4.69, 9.17) is 9.47 Å². The van der Waals surface area contributed by atoms with Gasteiger partial charge < -0.3 is 14.8 Å². The molecule has 1 aromatic carbocycles. The Morgan fingerprint density at radius 3 is 2.43 bits per heavy atom. The predicted octanol–water partition coefficient (Wildman–Crippen LogP) is 2.99. The van der Waals surface area contributed by atoms with E-state index in [2.05, 4.69) is 5.32 Å². The molecule has 1 amide bonds. The lowest BCUT2D eigenvalue weighted by molar-refractivity contribution is 0.0495. The van der Waals surface area contributed by atoms with Gasteiger partial charge in [0, 0.05) is 0 Å². The number of benzene rings is 1. The third-order valence-electron chi connectivity index (χ3n) is 3.33. The van der Waals surface area contributed by atoms with Crippen LogP contribution in [-0.2, 0) is 15.0 Å². The fourth-order valence-corrected chi connectivity index (χ4v) is 2.17. The fourth-order valence-electron chi connectivity index (χ4n) is 2.17. The van der Waals surface area contributed by atoms with Crippen LogP contribution in [0.15, 0.2) is 24.3 Å². The second kappa shape index (κ2) is 5.39. The molecule has 1 N–H and O–H groups in total. The van der Waals surface area contributed by atoms with E-state index < -0.39 is 17.2 Å². The third-order valence-corrected chi connectivity index (χ3v) is 3.33. The Morgan fingerprint density at radius 1 is 1.24 bits per heavy atom. The van der Waals surface area contributed by atoms with Crippen LogP contribution < -0.4 is 5.32 Å². The molecule has 0 aliphatic heterocycles. The molecule has 5 nitrogen and oxygen atoms in total. The van der Waals surface area contributed by atoms with Crippen molar-refractivity contribution >= 4 is 12.1 Å². The van der Waals surface area contributed by atoms with Gasteiger partial charge in [-0.15, -0.1) is 0 Å². The molecule has 1 fully saturated rings. The van der Waals surface area contributed by atoms with Gasteiger partial charge >= 0.3 is 12.1 Å². The number of ether oxygens (including phenoxy) is 2. The number of hydrogen-bond acceptors (Lipinski definition) is 4. The summed E-state index contributed by atoms with van der Waals surface area (Å²) < 4.78 is 10.0. The maximum absolute atomic E-state index is 11.9. The molecule has 5 heteroatoms. The molecule has 0 radical (unpaired) electrons. The van der Waals surface area contributed by atoms with Crippen molar-refractivity contribution in [2.75, 3.05) is 7.11 Å². The number of carbonyl (C=O) groups excluding carboxylic acids is 2. The zero-order valence-electron chi connectivity index (χ0n) is 12.9. The van der Waals surface area contributed by atoms with Gasteiger partial charge in [0.1, 0.15) is 5.60 Å². The summed E-state index contributed by atoms with van der Waals surface area (Å²) in [6.45, 7) is 5.47. The second-order valence-electron chi connectivity index (χ2n) is 6.28. The van der Waals surface area contributed by atoms with Gasteiger partial charge in [0.05, 0.1) is 18.2 Å². The third kappa shape index (κ3) is 3.74. The highest BCUT2D eigenvalue weighted by Crippen LogP contribution is 2.45. The van der Waals surface area contributed by atoms with Crippen molar-refractivity contribution in [3.8, 4) is 0 Å². The number of carbonyl (C=O) groups is 2. The van der Waals surface area contributed by atoms with Crippen molar-refractivity contribution in [1.29, 1.82) is 0 Å². The van der Waals surface area contributed by atoms with Crippen molar-refractivity contribution in [1.82, 2.24) is 5.32 Å². The molecule has 0 spiro atoms. The van der Waals surface area contributed by atoms with Crippen LogP contribution in [-0.4, -0.2) is 24.8 Å². The van der Waals surface area contributed by atoms with Crippen LogP contribution in [0.4, 0.5) is 4.79 Å². The van der Waals surface area contributed by atoms with Crippen LogP contribution >= 0.6 is 0 Å². The number of rotatable bonds is 3. The van der Waals surface area contributed by atoms with Gasteiger partial charge in [-0.05, 0) is 51.3 Å². The smallest absolute Gasteiger partial charge is 0.408 e. The summed E-state index contributed by atoms with van der Waals surface area (Å²) in [6.07, 6.45) is 1.22. The minimum Gasteiger partial charge on any atom is -0.465 e. The average molecular weight is 291 g/mol. The van der Waals surface area contributed by atoms with Crippen LogP contribution in [0, 0.1) is 0 Å². The SMILES string of the molecule is COC(=O)c1cccc(C2(NC(=O)OC(C)(C)C)CC2)c1. The normalized spacial score (nSPS) is 16.0. The van der Waals surface area contributed by atoms with Gasteiger partial charge in [0.2, 0.25) is 0 Å². The van der Waals surface area contributed by atoms with Crippen molar-refractivity contribution in [2.24, 2.45) is 0 Å². The van der Waals surface area contributed by atoms with Gasteiger partial charge in [-0.1, -0.05) is 12.1 Å². The highest BCUT2D eigenvalue weighted by molar-refractivity contribution is 5.89. The van der Waals surface area contributed by atoms with Crippen LogP contribution in [0.1, 0.15) is 49.5 Å². The molecule has 0 bridgehead atoms. The van der Waals surface area contributed by atoms with Gasteiger partial charge in [-0.3, -0.25) is 0 Å². The lowest BCUT2D eigenvalue weighted by Gasteiger charge is -2.24. The summed E-state index contributed by atoms with van der Waals surface area (Å²) in [5.41, 5.74) is 0.420. The molecule has 1 saturated carbocycles. The summed E-state index contributed by atoms with van der Waals surface area (Å²) in [6, 6.07) is 7.14. The van der Waals surface area contributed by atoms with E-state index in [-0.39, 0.29) is 5.97 Å². The molecular formula is C16H21NO4. The van der Waals surface area contributed by atoms with Crippen molar-refractivity contribution in [3.63, 3.8) is 0 Å². The Kier molecular flexibility index (Phi) is 3.94. The van der Waals surface area contributed by atoms with E-state index in [1.807, 2.05) is 26.8 Å². The maximum Gasteiger partial charge on any atom is 0.408 e. The van der Waals surface area contributed by atoms with E-state index in [0.717, 1.165) is 18.4 Å². The number of amides is 1. The largest absolute Gasteiger partial charge is 0.465 e. The molecule has 114 valence electrons. The van der Waals surface area contributed by atoms with E-state index in [0.29, 0.717) is 5.56 Å². The first-order chi connectivity index (χ1) is 9.76. The minimum atomic E-state index is -0.534. The van der Waals surface area contributed by atoms with Crippen molar-refractivity contribution in [2.45, 2.75) is 44.8 Å². The number of hydrogen-bond donors (Lipinski definition) is 1. The van der Waals surface area contributed by atoms with Gasteiger partial charge in [-0.25, -0.2) is 9.59 Å². The Bertz CT molecular complexity index is 556. The standard InChI is InChI=1S/C16H21NO4/c1-15(2,3)21-14(19)17-16(8-9-16)12-7-5-6-11(10-12)13(18)20-4/h5-7,10H,8-9H2,1-4H3,(H,17,19). The van der Waals surface area contributed by atoms with Crippen LogP contribution in [0.5, 0.6) is 0 Å². The topological polar surface area (TPSA) is 64.6 Å². The predicted molar refractivity (Wildman–Crippen MR) is 78.1 cm³/mol. The molecule has 2 rings (SSSR count). The van der Waals surface area contributed by atoms with E-state index >= 15 is 0 Å². The number of esters is 1. The quantitative estimate of drug-likeness (QED) is 0.869. The molecule has 0 aromatic heterocycles. The Morgan fingerprint density at radius 2 is 1.90 bits per heavy atom. The zero-order valence-corrected chi connectivity index (χ0v) is 12.9. The summed E-state index contributed by atoms with van der Waals surface area (Å²) >= 11 is 0. The van der Waals surface area contributed by atoms with Crippen molar-refractivity contribution < 1.29 is 19.1 Å². The Balaban J connectivity index is 2.14. The van der Waals surface area contributed by atoms with Gasteiger partial charge in [0.15, 0.2) is 0 Å². The molecule has 0 atom stereocenters. The summed E-state index contributed by atoms with van der Waals surface area (Å²) in [5, 5.41) is 2.91. The Labute approximate surface area is 124 Å². The van der Waals surface area contributed by atoms with Gasteiger partial charge in [0.25, 0.3) is 0 Å². The van der Waals surface area contributed by atoms with E-state index in [1.54, 1.807) is 18.2 Å². The average Bonchev–Trinajstić information content (AvgIpc) is 3.16. The Hall–Kier alpha value is -2.04. The lowest BCUT2D eigenvalue weighted by Crippen LogP contribution is -2.39. The monoisotopic (exact) mass is 291 g/mol. The minimum absolute atomic E-state index is 0.384. The summed E-state index contributed by atoms with van der Waals surface area (Å²) in [7, 11) is 1.35. The molecule has 1 aliphatic rings. The van der Waals surface area contributed by atoms with Crippen LogP contribution in [0.25, 0.3) is 0 Å². The molecule has 21 heavy (non-hydrogen) atoms. The highest BCUT2D eigenvalue weighted by Gasteiger charge is 2.46. The fraction of sp³-hybridized carbons (Fsp3) is 0.500. The number of methoxy groups -OCH3 is 1. The first-order valence-electron chi connectivity index (χ1n) is 6.96. The molecule has 0 saturated heterocycles. The number of nitrogens with one attached hydrogen (secondary N) is 1. The first kappa shape index (κ1) is 15.4. The second-order valence-corrected chi connectivity index (χ2v) is 6.28.